The Bertz CT molecular complexity index is 337. The second kappa shape index (κ2) is 5.51. The Morgan fingerprint density at radius 3 is 2.88 bits per heavy atom. The number of nitrogens with zero attached hydrogens (tertiary/aromatic N) is 2. The van der Waals surface area contributed by atoms with Gasteiger partial charge in [0.2, 0.25) is 0 Å². The van der Waals surface area contributed by atoms with Crippen molar-refractivity contribution < 1.29 is 9.47 Å². The van der Waals surface area contributed by atoms with Crippen LogP contribution >= 0.6 is 0 Å². The number of ether oxygens (including phenoxy) is 2. The Hall–Kier alpha value is -1.07. The first-order valence-corrected chi connectivity index (χ1v) is 6.21. The summed E-state index contributed by atoms with van der Waals surface area (Å²) < 4.78 is 12.6. The lowest BCUT2D eigenvalue weighted by Crippen LogP contribution is -2.29. The summed E-state index contributed by atoms with van der Waals surface area (Å²) in [7, 11) is 1.66. The Kier molecular flexibility index (Phi) is 4.02. The predicted octanol–water partition coefficient (Wildman–Crippen LogP) is 1.34. The third-order valence-corrected chi connectivity index (χ3v) is 3.45. The van der Waals surface area contributed by atoms with E-state index in [-0.39, 0.29) is 6.04 Å². The number of nitrogens with two attached hydrogens (primary N) is 1. The quantitative estimate of drug-likeness (QED) is 0.861. The maximum absolute atomic E-state index is 6.37. The van der Waals surface area contributed by atoms with Crippen molar-refractivity contribution in [3.63, 3.8) is 0 Å². The molecular formula is C12H21N3O2. The van der Waals surface area contributed by atoms with Gasteiger partial charge in [-0.3, -0.25) is 4.68 Å². The SMILES string of the molecule is CCn1ncc(OC)c1C(N)C1CCOCC1. The van der Waals surface area contributed by atoms with Crippen molar-refractivity contribution >= 4 is 0 Å². The maximum atomic E-state index is 6.37. The Morgan fingerprint density at radius 1 is 1.59 bits per heavy atom. The van der Waals surface area contributed by atoms with Gasteiger partial charge in [-0.2, -0.15) is 5.10 Å². The van der Waals surface area contributed by atoms with Crippen molar-refractivity contribution in [3.05, 3.63) is 11.9 Å². The summed E-state index contributed by atoms with van der Waals surface area (Å²) in [6, 6.07) is -0.0173. The van der Waals surface area contributed by atoms with E-state index in [9.17, 15) is 0 Å². The summed E-state index contributed by atoms with van der Waals surface area (Å²) in [5.74, 6) is 1.26. The third kappa shape index (κ3) is 2.45. The molecule has 1 aromatic heterocycles. The van der Waals surface area contributed by atoms with Crippen LogP contribution in [0, 0.1) is 5.92 Å². The van der Waals surface area contributed by atoms with Gasteiger partial charge in [0.05, 0.1) is 25.0 Å². The van der Waals surface area contributed by atoms with E-state index in [1.165, 1.54) is 0 Å². The van der Waals surface area contributed by atoms with Gasteiger partial charge in [0.25, 0.3) is 0 Å². The van der Waals surface area contributed by atoms with E-state index in [0.29, 0.717) is 5.92 Å². The van der Waals surface area contributed by atoms with Crippen molar-refractivity contribution in [2.75, 3.05) is 20.3 Å². The number of methoxy groups -OCH3 is 1. The van der Waals surface area contributed by atoms with E-state index in [1.807, 2.05) is 4.68 Å². The van der Waals surface area contributed by atoms with Crippen LogP contribution in [0.4, 0.5) is 0 Å². The molecule has 2 rings (SSSR count). The lowest BCUT2D eigenvalue weighted by Gasteiger charge is -2.28. The first kappa shape index (κ1) is 12.4. The normalized spacial score (nSPS) is 19.2. The van der Waals surface area contributed by atoms with Gasteiger partial charge in [0.1, 0.15) is 0 Å². The largest absolute Gasteiger partial charge is 0.493 e. The lowest BCUT2D eigenvalue weighted by molar-refractivity contribution is 0.0571. The molecule has 0 bridgehead atoms. The molecule has 1 aliphatic rings. The van der Waals surface area contributed by atoms with E-state index >= 15 is 0 Å². The van der Waals surface area contributed by atoms with Crippen LogP contribution in [0.15, 0.2) is 6.20 Å². The molecule has 0 amide bonds. The van der Waals surface area contributed by atoms with E-state index in [1.54, 1.807) is 13.3 Å². The van der Waals surface area contributed by atoms with E-state index in [0.717, 1.165) is 44.0 Å². The van der Waals surface area contributed by atoms with Gasteiger partial charge in [-0.25, -0.2) is 0 Å². The maximum Gasteiger partial charge on any atom is 0.161 e. The van der Waals surface area contributed by atoms with Crippen LogP contribution in [-0.4, -0.2) is 30.1 Å². The molecule has 0 saturated carbocycles. The minimum absolute atomic E-state index is 0.0173. The fourth-order valence-electron chi connectivity index (χ4n) is 2.42. The van der Waals surface area contributed by atoms with Crippen LogP contribution in [0.2, 0.25) is 0 Å². The van der Waals surface area contributed by atoms with Crippen LogP contribution < -0.4 is 10.5 Å². The number of aryl methyl sites for hydroxylation is 1. The highest BCUT2D eigenvalue weighted by Gasteiger charge is 2.27. The zero-order chi connectivity index (χ0) is 12.3. The second-order valence-electron chi connectivity index (χ2n) is 4.39. The first-order chi connectivity index (χ1) is 8.27. The molecule has 5 heteroatoms. The van der Waals surface area contributed by atoms with Crippen LogP contribution in [0.25, 0.3) is 0 Å². The molecule has 2 N–H and O–H groups in total. The standard InChI is InChI=1S/C12H21N3O2/c1-3-15-12(10(16-2)8-14-15)11(13)9-4-6-17-7-5-9/h8-9,11H,3-7,13H2,1-2H3. The number of hydrogen-bond acceptors (Lipinski definition) is 4. The van der Waals surface area contributed by atoms with E-state index in [4.69, 9.17) is 15.2 Å². The van der Waals surface area contributed by atoms with Crippen LogP contribution in [0.3, 0.4) is 0 Å². The van der Waals surface area contributed by atoms with Gasteiger partial charge in [-0.05, 0) is 25.7 Å². The molecule has 1 saturated heterocycles. The highest BCUT2D eigenvalue weighted by molar-refractivity contribution is 5.28. The summed E-state index contributed by atoms with van der Waals surface area (Å²) >= 11 is 0. The van der Waals surface area contributed by atoms with Crippen molar-refractivity contribution in [1.29, 1.82) is 0 Å². The van der Waals surface area contributed by atoms with E-state index in [2.05, 4.69) is 12.0 Å². The Labute approximate surface area is 102 Å². The highest BCUT2D eigenvalue weighted by atomic mass is 16.5. The molecule has 5 nitrogen and oxygen atoms in total. The van der Waals surface area contributed by atoms with Crippen molar-refractivity contribution in [2.24, 2.45) is 11.7 Å². The Balaban J connectivity index is 2.21. The predicted molar refractivity (Wildman–Crippen MR) is 64.9 cm³/mol. The van der Waals surface area contributed by atoms with Crippen LogP contribution in [0.5, 0.6) is 5.75 Å². The van der Waals surface area contributed by atoms with Crippen molar-refractivity contribution in [1.82, 2.24) is 9.78 Å². The van der Waals surface area contributed by atoms with Crippen LogP contribution in [0.1, 0.15) is 31.5 Å². The zero-order valence-electron chi connectivity index (χ0n) is 10.6. The molecule has 0 radical (unpaired) electrons. The monoisotopic (exact) mass is 239 g/mol. The highest BCUT2D eigenvalue weighted by Crippen LogP contribution is 2.33. The topological polar surface area (TPSA) is 62.3 Å². The average molecular weight is 239 g/mol. The van der Waals surface area contributed by atoms with Gasteiger partial charge in [-0.1, -0.05) is 0 Å². The van der Waals surface area contributed by atoms with Crippen molar-refractivity contribution in [3.8, 4) is 5.75 Å². The molecule has 0 aliphatic carbocycles. The van der Waals surface area contributed by atoms with Gasteiger partial charge in [0.15, 0.2) is 5.75 Å². The molecule has 1 fully saturated rings. The summed E-state index contributed by atoms with van der Waals surface area (Å²) in [5, 5.41) is 4.30. The molecule has 17 heavy (non-hydrogen) atoms. The molecule has 0 spiro atoms. The lowest BCUT2D eigenvalue weighted by atomic mass is 9.90. The molecule has 1 atom stereocenters. The number of hydrogen-bond donors (Lipinski definition) is 1. The molecule has 1 aromatic rings. The first-order valence-electron chi connectivity index (χ1n) is 6.21. The molecule has 2 heterocycles. The second-order valence-corrected chi connectivity index (χ2v) is 4.39. The fraction of sp³-hybridized carbons (Fsp3) is 0.750. The number of rotatable bonds is 4. The summed E-state index contributed by atoms with van der Waals surface area (Å²) in [4.78, 5) is 0. The Morgan fingerprint density at radius 2 is 2.29 bits per heavy atom. The summed E-state index contributed by atoms with van der Waals surface area (Å²) in [5.41, 5.74) is 7.39. The van der Waals surface area contributed by atoms with Crippen LogP contribution in [-0.2, 0) is 11.3 Å². The minimum Gasteiger partial charge on any atom is -0.493 e. The van der Waals surface area contributed by atoms with Gasteiger partial charge in [0, 0.05) is 19.8 Å². The number of aromatic nitrogens is 2. The molecular weight excluding hydrogens is 218 g/mol. The van der Waals surface area contributed by atoms with Gasteiger partial charge < -0.3 is 15.2 Å². The molecule has 0 aromatic carbocycles. The van der Waals surface area contributed by atoms with E-state index < -0.39 is 0 Å². The van der Waals surface area contributed by atoms with Gasteiger partial charge >= 0.3 is 0 Å². The zero-order valence-corrected chi connectivity index (χ0v) is 10.6. The fourth-order valence-corrected chi connectivity index (χ4v) is 2.42. The molecule has 96 valence electrons. The molecule has 1 aliphatic heterocycles. The average Bonchev–Trinajstić information content (AvgIpc) is 2.81. The summed E-state index contributed by atoms with van der Waals surface area (Å²) in [6.07, 6.45) is 3.77. The summed E-state index contributed by atoms with van der Waals surface area (Å²) in [6.45, 7) is 4.49. The molecule has 1 unspecified atom stereocenters. The smallest absolute Gasteiger partial charge is 0.161 e. The third-order valence-electron chi connectivity index (χ3n) is 3.45. The van der Waals surface area contributed by atoms with Crippen molar-refractivity contribution in [2.45, 2.75) is 32.4 Å². The minimum atomic E-state index is -0.0173. The van der Waals surface area contributed by atoms with Gasteiger partial charge in [-0.15, -0.1) is 0 Å².